The second-order valence-electron chi connectivity index (χ2n) is 15.3. The Labute approximate surface area is 365 Å². The second-order valence-corrected chi connectivity index (χ2v) is 15.3. The van der Waals surface area contributed by atoms with Crippen molar-refractivity contribution in [3.63, 3.8) is 0 Å². The predicted octanol–water partition coefficient (Wildman–Crippen LogP) is -2.45. The van der Waals surface area contributed by atoms with Gasteiger partial charge in [0.05, 0.1) is 12.6 Å². The minimum Gasteiger partial charge on any atom is -0.508 e. The van der Waals surface area contributed by atoms with Gasteiger partial charge in [0.2, 0.25) is 47.3 Å². The number of rotatable bonds is 26. The van der Waals surface area contributed by atoms with E-state index in [9.17, 15) is 58.5 Å². The van der Waals surface area contributed by atoms with E-state index in [-0.39, 0.29) is 37.9 Å². The fraction of sp³-hybridized carbons (Fsp3) is 0.476. The molecule has 0 radical (unpaired) electrons. The average molecular weight is 883 g/mol. The summed E-state index contributed by atoms with van der Waals surface area (Å²) in [7, 11) is 0. The molecule has 2 rings (SSSR count). The number of phenols is 1. The second kappa shape index (κ2) is 26.0. The van der Waals surface area contributed by atoms with Gasteiger partial charge in [0.1, 0.15) is 48.0 Å². The van der Waals surface area contributed by atoms with Crippen LogP contribution in [0.2, 0.25) is 0 Å². The lowest BCUT2D eigenvalue weighted by molar-refractivity contribution is -0.144. The normalized spacial score (nSPS) is 14.8. The molecule has 0 aliphatic rings. The Hall–Kier alpha value is -6.61. The number of carboxylic acids is 1. The molecule has 0 heterocycles. The number of carbonyl (C=O) groups excluding carboxylic acids is 8. The summed E-state index contributed by atoms with van der Waals surface area (Å²) in [5, 5.41) is 46.5. The third-order valence-corrected chi connectivity index (χ3v) is 9.57. The molecule has 0 saturated heterocycles. The molecule has 21 nitrogen and oxygen atoms in total. The molecule has 8 atom stereocenters. The highest BCUT2D eigenvalue weighted by Gasteiger charge is 2.34. The van der Waals surface area contributed by atoms with Gasteiger partial charge in [-0.15, -0.1) is 0 Å². The molecule has 0 aromatic heterocycles. The molecule has 0 spiro atoms. The van der Waals surface area contributed by atoms with Crippen LogP contribution in [0.3, 0.4) is 0 Å². The van der Waals surface area contributed by atoms with Crippen LogP contribution in [-0.2, 0) is 56.0 Å². The Kier molecular flexibility index (Phi) is 21.7. The van der Waals surface area contributed by atoms with Crippen LogP contribution in [0.5, 0.6) is 5.75 Å². The van der Waals surface area contributed by atoms with E-state index >= 15 is 0 Å². The number of primary amides is 1. The quantitative estimate of drug-likeness (QED) is 0.0438. The first kappa shape index (κ1) is 52.5. The predicted molar refractivity (Wildman–Crippen MR) is 227 cm³/mol. The Morgan fingerprint density at radius 2 is 1.03 bits per heavy atom. The van der Waals surface area contributed by atoms with Crippen LogP contribution in [0.15, 0.2) is 54.6 Å². The molecular weight excluding hydrogens is 823 g/mol. The van der Waals surface area contributed by atoms with E-state index in [0.29, 0.717) is 11.1 Å². The van der Waals surface area contributed by atoms with Gasteiger partial charge in [0, 0.05) is 19.3 Å². The summed E-state index contributed by atoms with van der Waals surface area (Å²) in [6, 6.07) is 3.35. The largest absolute Gasteiger partial charge is 0.508 e. The van der Waals surface area contributed by atoms with Crippen LogP contribution < -0.4 is 48.7 Å². The minimum absolute atomic E-state index is 0.0559. The van der Waals surface area contributed by atoms with E-state index in [0.717, 1.165) is 0 Å². The number of hydrogen-bond donors (Lipinski definition) is 12. The molecule has 2 aromatic carbocycles. The van der Waals surface area contributed by atoms with Gasteiger partial charge in [0.15, 0.2) is 0 Å². The van der Waals surface area contributed by atoms with Crippen LogP contribution in [0.1, 0.15) is 64.5 Å². The summed E-state index contributed by atoms with van der Waals surface area (Å²) in [5.74, 6) is -8.87. The lowest BCUT2D eigenvalue weighted by atomic mass is 10.0. The summed E-state index contributed by atoms with van der Waals surface area (Å²) >= 11 is 0. The van der Waals surface area contributed by atoms with Gasteiger partial charge >= 0.3 is 5.97 Å². The van der Waals surface area contributed by atoms with Crippen molar-refractivity contribution in [2.75, 3.05) is 6.61 Å². The molecule has 21 heteroatoms. The van der Waals surface area contributed by atoms with Crippen LogP contribution in [0, 0.1) is 12.8 Å². The molecule has 0 aliphatic carbocycles. The number of benzene rings is 2. The van der Waals surface area contributed by atoms with E-state index in [1.165, 1.54) is 38.1 Å². The van der Waals surface area contributed by atoms with E-state index in [1.54, 1.807) is 44.2 Å². The molecule has 0 bridgehead atoms. The van der Waals surface area contributed by atoms with Crippen molar-refractivity contribution in [2.45, 2.75) is 115 Å². The molecule has 0 unspecified atom stereocenters. The highest BCUT2D eigenvalue weighted by molar-refractivity contribution is 5.98. The topological polar surface area (TPSA) is 351 Å². The van der Waals surface area contributed by atoms with Crippen molar-refractivity contribution in [1.82, 2.24) is 37.2 Å². The molecule has 0 saturated carbocycles. The molecule has 63 heavy (non-hydrogen) atoms. The number of carbonyl (C=O) groups is 9. The maximum absolute atomic E-state index is 14.0. The third-order valence-electron chi connectivity index (χ3n) is 9.57. The first-order chi connectivity index (χ1) is 29.7. The Balaban J connectivity index is 2.40. The molecule has 0 fully saturated rings. The van der Waals surface area contributed by atoms with Gasteiger partial charge in [-0.2, -0.15) is 6.42 Å². The van der Waals surface area contributed by atoms with Gasteiger partial charge in [-0.25, -0.2) is 4.79 Å². The molecule has 8 amide bonds. The van der Waals surface area contributed by atoms with Crippen LogP contribution in [0.4, 0.5) is 0 Å². The number of nitrogens with one attached hydrogen (secondary N) is 7. The molecule has 2 aromatic rings. The van der Waals surface area contributed by atoms with Crippen molar-refractivity contribution in [3.05, 3.63) is 72.6 Å². The number of aliphatic hydroxyl groups is 1. The summed E-state index contributed by atoms with van der Waals surface area (Å²) in [4.78, 5) is 117. The summed E-state index contributed by atoms with van der Waals surface area (Å²) < 4.78 is 0. The summed E-state index contributed by atoms with van der Waals surface area (Å²) in [6.45, 7) is 8.72. The summed E-state index contributed by atoms with van der Waals surface area (Å²) in [5.41, 5.74) is 12.0. The highest BCUT2D eigenvalue weighted by atomic mass is 16.4. The van der Waals surface area contributed by atoms with Crippen molar-refractivity contribution >= 4 is 53.2 Å². The molecule has 0 aliphatic heterocycles. The van der Waals surface area contributed by atoms with Crippen molar-refractivity contribution in [3.8, 4) is 5.75 Å². The third kappa shape index (κ3) is 18.1. The van der Waals surface area contributed by atoms with E-state index in [2.05, 4.69) is 44.1 Å². The lowest BCUT2D eigenvalue weighted by Gasteiger charge is -2.28. The number of aliphatic hydroxyl groups excluding tert-OH is 1. The Morgan fingerprint density at radius 1 is 0.587 bits per heavy atom. The number of aliphatic carboxylic acids is 1. The Bertz CT molecular complexity index is 1900. The van der Waals surface area contributed by atoms with Crippen LogP contribution in [0.25, 0.3) is 0 Å². The fourth-order valence-electron chi connectivity index (χ4n) is 5.92. The van der Waals surface area contributed by atoms with Gasteiger partial charge in [0.25, 0.3) is 0 Å². The number of hydrogen-bond acceptors (Lipinski definition) is 12. The fourth-order valence-corrected chi connectivity index (χ4v) is 5.92. The molecular formula is C42H60N9O12-. The van der Waals surface area contributed by atoms with Gasteiger partial charge in [-0.3, -0.25) is 38.4 Å². The lowest BCUT2D eigenvalue weighted by Crippen LogP contribution is -2.61. The number of amides is 8. The smallest absolute Gasteiger partial charge is 0.326 e. The Morgan fingerprint density at radius 3 is 1.49 bits per heavy atom. The van der Waals surface area contributed by atoms with Crippen molar-refractivity contribution < 1.29 is 58.5 Å². The highest BCUT2D eigenvalue weighted by Crippen LogP contribution is 2.13. The zero-order valence-corrected chi connectivity index (χ0v) is 35.7. The molecule has 14 N–H and O–H groups in total. The first-order valence-corrected chi connectivity index (χ1v) is 20.3. The van der Waals surface area contributed by atoms with Crippen molar-refractivity contribution in [1.29, 1.82) is 0 Å². The van der Waals surface area contributed by atoms with E-state index < -0.39 is 121 Å². The SMILES string of the molecule is [CH2-]CC[C@H](NC(=O)[C@H](Cc1ccc(O)cc1)NC(=O)[C@H](C)NC(=O)[C@H](C)N)C(=O)N[C@@H](CCC(N)=O)C(=O)N[C@@H](Cc1ccccc1)C(=O)N[C@@H](CO)C(=O)N[C@H](C(=O)O)C(C)C. The monoisotopic (exact) mass is 882 g/mol. The summed E-state index contributed by atoms with van der Waals surface area (Å²) in [6.07, 6.45) is -1.06. The van der Waals surface area contributed by atoms with Crippen molar-refractivity contribution in [2.24, 2.45) is 17.4 Å². The zero-order chi connectivity index (χ0) is 47.4. The number of carboxylic acid groups (broad SMARTS) is 1. The standard InChI is InChI=1S/C42H60N9O12/c1-6-10-28(46-39(59)30(20-26-13-15-27(53)16-14-26)48-36(56)24(5)45-35(55)23(4)43)37(57)47-29(17-18-33(44)54)38(58)49-31(19-25-11-8-7-9-12-25)40(60)50-32(21-52)41(61)51-34(22(2)3)42(62)63/h7-9,11-16,22-24,28-32,34,52-53H,1,6,10,17-21,43H2,2-5H3,(H2,44,54)(H,45,55)(H,46,59)(H,47,57)(H,48,56)(H,49,58)(H,50,60)(H,51,61)(H,62,63)/q-1/t23-,24-,28-,29-,30-,31-,32-,34-/m0/s1. The zero-order valence-electron chi connectivity index (χ0n) is 35.7. The van der Waals surface area contributed by atoms with Gasteiger partial charge in [-0.05, 0) is 49.4 Å². The van der Waals surface area contributed by atoms with Crippen LogP contribution >= 0.6 is 0 Å². The van der Waals surface area contributed by atoms with Crippen LogP contribution in [-0.4, -0.2) is 123 Å². The number of nitrogens with two attached hydrogens (primary N) is 2. The van der Waals surface area contributed by atoms with Gasteiger partial charge < -0.3 is 70.9 Å². The minimum atomic E-state index is -1.63. The maximum Gasteiger partial charge on any atom is 0.326 e. The average Bonchev–Trinajstić information content (AvgIpc) is 3.22. The number of phenolic OH excluding ortho intramolecular Hbond substituents is 1. The first-order valence-electron chi connectivity index (χ1n) is 20.3. The van der Waals surface area contributed by atoms with E-state index in [1.807, 2.05) is 0 Å². The molecule has 346 valence electrons. The number of aromatic hydroxyl groups is 1. The van der Waals surface area contributed by atoms with Gasteiger partial charge in [-0.1, -0.05) is 62.7 Å². The van der Waals surface area contributed by atoms with E-state index in [4.69, 9.17) is 11.5 Å². The maximum atomic E-state index is 14.0.